The summed E-state index contributed by atoms with van der Waals surface area (Å²) in [5.74, 6) is 0. The van der Waals surface area contributed by atoms with Gasteiger partial charge in [-0.3, -0.25) is 9.88 Å². The Morgan fingerprint density at radius 2 is 2.09 bits per heavy atom. The topological polar surface area (TPSA) is 66.5 Å². The minimum Gasteiger partial charge on any atom is -0.379 e. The van der Waals surface area contributed by atoms with Crippen molar-refractivity contribution in [3.05, 3.63) is 36.5 Å². The van der Waals surface area contributed by atoms with Crippen LogP contribution in [-0.4, -0.2) is 54.8 Å². The Morgan fingerprint density at radius 3 is 2.91 bits per heavy atom. The quantitative estimate of drug-likeness (QED) is 0.907. The normalized spacial score (nSPS) is 16.9. The summed E-state index contributed by atoms with van der Waals surface area (Å²) in [5, 5.41) is 6.88. The second kappa shape index (κ2) is 7.39. The zero-order valence-electron chi connectivity index (χ0n) is 13.3. The van der Waals surface area contributed by atoms with Gasteiger partial charge in [0.1, 0.15) is 0 Å². The third-order valence-electron chi connectivity index (χ3n) is 3.89. The van der Waals surface area contributed by atoms with Crippen molar-refractivity contribution in [2.45, 2.75) is 13.0 Å². The highest BCUT2D eigenvalue weighted by atomic mass is 16.5. The maximum absolute atomic E-state index is 12.2. The van der Waals surface area contributed by atoms with Crippen LogP contribution in [0.2, 0.25) is 0 Å². The molecule has 122 valence electrons. The van der Waals surface area contributed by atoms with Gasteiger partial charge in [0.2, 0.25) is 0 Å². The predicted octanol–water partition coefficient (Wildman–Crippen LogP) is 2.08. The summed E-state index contributed by atoms with van der Waals surface area (Å²) in [7, 11) is 0. The average molecular weight is 314 g/mol. The van der Waals surface area contributed by atoms with Crippen molar-refractivity contribution in [2.75, 3.05) is 38.2 Å². The molecule has 1 aromatic heterocycles. The summed E-state index contributed by atoms with van der Waals surface area (Å²) in [5.41, 5.74) is 1.52. The molecule has 2 aromatic rings. The van der Waals surface area contributed by atoms with Crippen molar-refractivity contribution >= 4 is 22.6 Å². The van der Waals surface area contributed by atoms with Gasteiger partial charge in [-0.05, 0) is 19.1 Å². The summed E-state index contributed by atoms with van der Waals surface area (Å²) >= 11 is 0. The van der Waals surface area contributed by atoms with Crippen LogP contribution in [0.15, 0.2) is 36.5 Å². The van der Waals surface area contributed by atoms with Crippen LogP contribution in [0, 0.1) is 0 Å². The number of urea groups is 1. The van der Waals surface area contributed by atoms with Crippen LogP contribution < -0.4 is 10.6 Å². The average Bonchev–Trinajstić information content (AvgIpc) is 2.56. The van der Waals surface area contributed by atoms with Gasteiger partial charge in [-0.2, -0.15) is 0 Å². The molecule has 0 aliphatic carbocycles. The Bertz CT molecular complexity index is 665. The Hall–Kier alpha value is -2.18. The fourth-order valence-corrected chi connectivity index (χ4v) is 2.80. The summed E-state index contributed by atoms with van der Waals surface area (Å²) in [6.45, 7) is 6.20. The number of carbonyl (C=O) groups is 1. The first-order valence-corrected chi connectivity index (χ1v) is 7.94. The Kier molecular flexibility index (Phi) is 5.05. The monoisotopic (exact) mass is 314 g/mol. The number of rotatable bonds is 4. The highest BCUT2D eigenvalue weighted by Gasteiger charge is 2.15. The molecule has 2 N–H and O–H groups in total. The van der Waals surface area contributed by atoms with E-state index in [2.05, 4.69) is 20.5 Å². The molecule has 0 saturated carbocycles. The van der Waals surface area contributed by atoms with Gasteiger partial charge in [0.05, 0.1) is 24.4 Å². The molecule has 1 aliphatic heterocycles. The fraction of sp³-hybridized carbons (Fsp3) is 0.412. The van der Waals surface area contributed by atoms with Crippen molar-refractivity contribution in [2.24, 2.45) is 0 Å². The number of nitrogens with one attached hydrogen (secondary N) is 2. The van der Waals surface area contributed by atoms with Gasteiger partial charge >= 0.3 is 6.03 Å². The molecule has 1 aromatic carbocycles. The highest BCUT2D eigenvalue weighted by molar-refractivity contribution is 5.99. The lowest BCUT2D eigenvalue weighted by Gasteiger charge is -2.29. The number of morpholine rings is 1. The lowest BCUT2D eigenvalue weighted by Crippen LogP contribution is -2.47. The first kappa shape index (κ1) is 15.7. The van der Waals surface area contributed by atoms with Gasteiger partial charge in [0.25, 0.3) is 0 Å². The van der Waals surface area contributed by atoms with Crippen molar-refractivity contribution in [3.8, 4) is 0 Å². The van der Waals surface area contributed by atoms with Crippen LogP contribution in [0.25, 0.3) is 10.9 Å². The van der Waals surface area contributed by atoms with Crippen molar-refractivity contribution in [1.29, 1.82) is 0 Å². The highest BCUT2D eigenvalue weighted by Crippen LogP contribution is 2.20. The SMILES string of the molecule is CC(CN1CCOCC1)NC(=O)Nc1cccc2cccnc12. The molecule has 0 spiro atoms. The van der Waals surface area contributed by atoms with Crippen LogP contribution in [0.1, 0.15) is 6.92 Å². The van der Waals surface area contributed by atoms with Crippen LogP contribution >= 0.6 is 0 Å². The first-order chi connectivity index (χ1) is 11.2. The number of benzene rings is 1. The third kappa shape index (κ3) is 4.18. The number of aromatic nitrogens is 1. The number of pyridine rings is 1. The molecular formula is C17H22N4O2. The summed E-state index contributed by atoms with van der Waals surface area (Å²) in [4.78, 5) is 18.9. The van der Waals surface area contributed by atoms with E-state index in [1.165, 1.54) is 0 Å². The number of nitrogens with zero attached hydrogens (tertiary/aromatic N) is 2. The maximum atomic E-state index is 12.2. The third-order valence-corrected chi connectivity index (χ3v) is 3.89. The molecular weight excluding hydrogens is 292 g/mol. The van der Waals surface area contributed by atoms with E-state index in [0.717, 1.165) is 49.4 Å². The number of ether oxygens (including phenoxy) is 1. The molecule has 1 atom stereocenters. The molecule has 1 unspecified atom stereocenters. The second-order valence-corrected chi connectivity index (χ2v) is 5.79. The van der Waals surface area contributed by atoms with Gasteiger partial charge in [0, 0.05) is 37.3 Å². The number of fused-ring (bicyclic) bond motifs is 1. The number of hydrogen-bond donors (Lipinski definition) is 2. The van der Waals surface area contributed by atoms with Gasteiger partial charge < -0.3 is 15.4 Å². The van der Waals surface area contributed by atoms with Crippen LogP contribution in [0.5, 0.6) is 0 Å². The molecule has 6 nitrogen and oxygen atoms in total. The number of anilines is 1. The number of hydrogen-bond acceptors (Lipinski definition) is 4. The molecule has 23 heavy (non-hydrogen) atoms. The molecule has 6 heteroatoms. The largest absolute Gasteiger partial charge is 0.379 e. The molecule has 3 rings (SSSR count). The summed E-state index contributed by atoms with van der Waals surface area (Å²) in [6, 6.07) is 9.48. The van der Waals surface area contributed by atoms with Crippen molar-refractivity contribution < 1.29 is 9.53 Å². The predicted molar refractivity (Wildman–Crippen MR) is 90.6 cm³/mol. The zero-order valence-corrected chi connectivity index (χ0v) is 13.3. The number of para-hydroxylation sites is 1. The van der Waals surface area contributed by atoms with Gasteiger partial charge in [0.15, 0.2) is 0 Å². The minimum atomic E-state index is -0.205. The van der Waals surface area contributed by atoms with E-state index in [-0.39, 0.29) is 12.1 Å². The number of carbonyl (C=O) groups excluding carboxylic acids is 1. The first-order valence-electron chi connectivity index (χ1n) is 7.94. The van der Waals surface area contributed by atoms with Gasteiger partial charge in [-0.15, -0.1) is 0 Å². The van der Waals surface area contributed by atoms with E-state index in [9.17, 15) is 4.79 Å². The van der Waals surface area contributed by atoms with E-state index in [0.29, 0.717) is 0 Å². The smallest absolute Gasteiger partial charge is 0.319 e. The molecule has 2 heterocycles. The molecule has 1 aliphatic rings. The molecule has 0 bridgehead atoms. The lowest BCUT2D eigenvalue weighted by molar-refractivity contribution is 0.0350. The zero-order chi connectivity index (χ0) is 16.1. The van der Waals surface area contributed by atoms with Crippen LogP contribution in [0.4, 0.5) is 10.5 Å². The van der Waals surface area contributed by atoms with E-state index in [1.54, 1.807) is 6.20 Å². The molecule has 2 amide bonds. The van der Waals surface area contributed by atoms with Gasteiger partial charge in [-0.1, -0.05) is 18.2 Å². The summed E-state index contributed by atoms with van der Waals surface area (Å²) in [6.07, 6.45) is 1.73. The van der Waals surface area contributed by atoms with Crippen LogP contribution in [-0.2, 0) is 4.74 Å². The van der Waals surface area contributed by atoms with E-state index < -0.39 is 0 Å². The van der Waals surface area contributed by atoms with Crippen molar-refractivity contribution in [1.82, 2.24) is 15.2 Å². The lowest BCUT2D eigenvalue weighted by atomic mass is 10.2. The van der Waals surface area contributed by atoms with E-state index >= 15 is 0 Å². The summed E-state index contributed by atoms with van der Waals surface area (Å²) < 4.78 is 5.33. The maximum Gasteiger partial charge on any atom is 0.319 e. The fourth-order valence-electron chi connectivity index (χ4n) is 2.80. The minimum absolute atomic E-state index is 0.0658. The molecule has 1 fully saturated rings. The van der Waals surface area contributed by atoms with Gasteiger partial charge in [-0.25, -0.2) is 4.79 Å². The number of amides is 2. The Balaban J connectivity index is 1.57. The van der Waals surface area contributed by atoms with E-state index in [1.807, 2.05) is 37.3 Å². The Labute approximate surface area is 135 Å². The Morgan fingerprint density at radius 1 is 1.30 bits per heavy atom. The van der Waals surface area contributed by atoms with E-state index in [4.69, 9.17) is 4.74 Å². The van der Waals surface area contributed by atoms with Crippen molar-refractivity contribution in [3.63, 3.8) is 0 Å². The molecule has 1 saturated heterocycles. The standard InChI is InChI=1S/C17H22N4O2/c1-13(12-21-8-10-23-11-9-21)19-17(22)20-15-6-2-4-14-5-3-7-18-16(14)15/h2-7,13H,8-12H2,1H3,(H2,19,20,22). The van der Waals surface area contributed by atoms with Crippen LogP contribution in [0.3, 0.4) is 0 Å². The molecule has 0 radical (unpaired) electrons. The second-order valence-electron chi connectivity index (χ2n) is 5.79.